The number of carbonyl (C=O) groups is 1. The Balaban J connectivity index is 1.29. The van der Waals surface area contributed by atoms with Gasteiger partial charge >= 0.3 is 5.69 Å². The summed E-state index contributed by atoms with van der Waals surface area (Å²) in [7, 11) is 5.52. The number of rotatable bonds is 10. The fraction of sp³-hybridized carbons (Fsp3) is 0.361. The maximum atomic E-state index is 14.5. The van der Waals surface area contributed by atoms with Crippen LogP contribution in [0.1, 0.15) is 53.5 Å². The van der Waals surface area contributed by atoms with Gasteiger partial charge in [0.1, 0.15) is 11.5 Å². The number of nitrogens with zero attached hydrogens (tertiary/aromatic N) is 6. The highest BCUT2D eigenvalue weighted by Gasteiger charge is 2.28. The van der Waals surface area contributed by atoms with Crippen LogP contribution in [-0.4, -0.2) is 68.1 Å². The predicted molar refractivity (Wildman–Crippen MR) is 182 cm³/mol. The first kappa shape index (κ1) is 33.0. The molecule has 2 aromatic carbocycles. The Morgan fingerprint density at radius 2 is 1.79 bits per heavy atom. The Morgan fingerprint density at radius 1 is 1.04 bits per heavy atom. The molecule has 0 aliphatic heterocycles. The van der Waals surface area contributed by atoms with Crippen molar-refractivity contribution in [2.24, 2.45) is 7.05 Å². The van der Waals surface area contributed by atoms with E-state index in [0.29, 0.717) is 43.7 Å². The lowest BCUT2D eigenvalue weighted by Crippen LogP contribution is -2.45. The van der Waals surface area contributed by atoms with E-state index in [-0.39, 0.29) is 23.0 Å². The van der Waals surface area contributed by atoms with Crippen LogP contribution in [0.5, 0.6) is 0 Å². The number of amides is 1. The zero-order chi connectivity index (χ0) is 33.9. The summed E-state index contributed by atoms with van der Waals surface area (Å²) in [4.78, 5) is 47.2. The first-order valence-electron chi connectivity index (χ1n) is 16.1. The number of aromatic nitrogens is 5. The van der Waals surface area contributed by atoms with Gasteiger partial charge in [0, 0.05) is 45.0 Å². The minimum absolute atomic E-state index is 0.0305. The molecule has 3 heterocycles. The van der Waals surface area contributed by atoms with Crippen LogP contribution in [0.15, 0.2) is 76.4 Å². The SMILES string of the molecule is COCCN(C)Cc1ccc(-c2cccc(-n3c(=O)n([C@H]4CC[C@@H](NC(=O)c5cc(C)n(C)n5)CC4)c(=O)c4cc(F)cnc43)c2)cc1. The van der Waals surface area contributed by atoms with Crippen LogP contribution < -0.4 is 16.6 Å². The van der Waals surface area contributed by atoms with Crippen molar-refractivity contribution < 1.29 is 13.9 Å². The Labute approximate surface area is 277 Å². The van der Waals surface area contributed by atoms with Crippen LogP contribution in [0.4, 0.5) is 4.39 Å². The van der Waals surface area contributed by atoms with Gasteiger partial charge < -0.3 is 10.1 Å². The molecular weight excluding hydrogens is 613 g/mol. The first-order chi connectivity index (χ1) is 23.1. The molecule has 48 heavy (non-hydrogen) atoms. The summed E-state index contributed by atoms with van der Waals surface area (Å²) in [6.07, 6.45) is 3.14. The van der Waals surface area contributed by atoms with Crippen molar-refractivity contribution in [3.8, 4) is 16.8 Å². The molecule has 5 aromatic rings. The van der Waals surface area contributed by atoms with E-state index in [1.54, 1.807) is 31.0 Å². The number of fused-ring (bicyclic) bond motifs is 1. The van der Waals surface area contributed by atoms with Crippen LogP contribution in [0, 0.1) is 12.7 Å². The minimum atomic E-state index is -0.658. The lowest BCUT2D eigenvalue weighted by atomic mass is 9.90. The highest BCUT2D eigenvalue weighted by molar-refractivity contribution is 5.92. The molecule has 1 aliphatic rings. The predicted octanol–water partition coefficient (Wildman–Crippen LogP) is 4.39. The topological polar surface area (TPSA) is 116 Å². The fourth-order valence-electron chi connectivity index (χ4n) is 6.41. The third-order valence-corrected chi connectivity index (χ3v) is 9.16. The maximum Gasteiger partial charge on any atom is 0.337 e. The molecule has 1 saturated carbocycles. The van der Waals surface area contributed by atoms with Crippen molar-refractivity contribution in [2.75, 3.05) is 27.3 Å². The maximum absolute atomic E-state index is 14.5. The second-order valence-electron chi connectivity index (χ2n) is 12.6. The highest BCUT2D eigenvalue weighted by Crippen LogP contribution is 2.28. The number of pyridine rings is 1. The second kappa shape index (κ2) is 14.0. The molecule has 0 atom stereocenters. The molecule has 0 saturated heterocycles. The molecular formula is C36H40FN7O4. The van der Waals surface area contributed by atoms with Crippen LogP contribution in [-0.2, 0) is 18.3 Å². The largest absolute Gasteiger partial charge is 0.383 e. The summed E-state index contributed by atoms with van der Waals surface area (Å²) in [6, 6.07) is 18.0. The quantitative estimate of drug-likeness (QED) is 0.238. The molecule has 0 spiro atoms. The molecule has 1 amide bonds. The number of aryl methyl sites for hydroxylation is 2. The fourth-order valence-corrected chi connectivity index (χ4v) is 6.41. The van der Waals surface area contributed by atoms with Crippen LogP contribution in [0.2, 0.25) is 0 Å². The zero-order valence-corrected chi connectivity index (χ0v) is 27.6. The number of hydrogen-bond acceptors (Lipinski definition) is 7. The second-order valence-corrected chi connectivity index (χ2v) is 12.6. The molecule has 250 valence electrons. The molecule has 0 bridgehead atoms. The van der Waals surface area contributed by atoms with Gasteiger partial charge in [-0.15, -0.1) is 0 Å². The standard InChI is InChI=1S/C36H40FN7O4/c1-23-18-32(40-42(23)3)34(45)39-28-12-14-29(15-13-28)44-35(46)31-20-27(37)21-38-33(31)43(36(44)47)30-7-5-6-26(19-30)25-10-8-24(9-11-25)22-41(2)16-17-48-4/h5-11,18-21,28-29H,12-17,22H2,1-4H3,(H,39,45)/t28-,29+. The molecule has 11 nitrogen and oxygen atoms in total. The summed E-state index contributed by atoms with van der Waals surface area (Å²) in [6.45, 7) is 4.15. The molecule has 1 N–H and O–H groups in total. The molecule has 0 unspecified atom stereocenters. The van der Waals surface area contributed by atoms with E-state index in [0.717, 1.165) is 47.7 Å². The molecule has 3 aromatic heterocycles. The van der Waals surface area contributed by atoms with Gasteiger partial charge in [-0.3, -0.25) is 23.7 Å². The minimum Gasteiger partial charge on any atom is -0.383 e. The third-order valence-electron chi connectivity index (χ3n) is 9.16. The van der Waals surface area contributed by atoms with E-state index < -0.39 is 23.1 Å². The molecule has 1 aliphatic carbocycles. The van der Waals surface area contributed by atoms with Crippen molar-refractivity contribution in [3.63, 3.8) is 0 Å². The van der Waals surface area contributed by atoms with Gasteiger partial charge in [-0.05, 0) is 80.6 Å². The van der Waals surface area contributed by atoms with Crippen LogP contribution >= 0.6 is 0 Å². The average Bonchev–Trinajstić information content (AvgIpc) is 3.43. The van der Waals surface area contributed by atoms with E-state index in [4.69, 9.17) is 4.74 Å². The van der Waals surface area contributed by atoms with E-state index in [9.17, 15) is 18.8 Å². The normalized spacial score (nSPS) is 16.5. The number of methoxy groups -OCH3 is 1. The van der Waals surface area contributed by atoms with Gasteiger partial charge in [-0.1, -0.05) is 36.4 Å². The summed E-state index contributed by atoms with van der Waals surface area (Å²) < 4.78 is 23.9. The Hall–Kier alpha value is -4.94. The molecule has 0 radical (unpaired) electrons. The van der Waals surface area contributed by atoms with Crippen molar-refractivity contribution in [3.05, 3.63) is 110 Å². The van der Waals surface area contributed by atoms with Crippen LogP contribution in [0.25, 0.3) is 27.8 Å². The van der Waals surface area contributed by atoms with Crippen molar-refractivity contribution in [1.29, 1.82) is 0 Å². The van der Waals surface area contributed by atoms with Gasteiger partial charge in [0.25, 0.3) is 11.5 Å². The van der Waals surface area contributed by atoms with E-state index in [1.807, 2.05) is 44.3 Å². The number of halogens is 1. The number of carbonyl (C=O) groups excluding carboxylic acids is 1. The third kappa shape index (κ3) is 6.85. The highest BCUT2D eigenvalue weighted by atomic mass is 19.1. The van der Waals surface area contributed by atoms with Gasteiger partial charge in [0.2, 0.25) is 0 Å². The number of likely N-dealkylation sites (N-methyl/N-ethyl adjacent to an activating group) is 1. The average molecular weight is 654 g/mol. The van der Waals surface area contributed by atoms with E-state index >= 15 is 0 Å². The van der Waals surface area contributed by atoms with Gasteiger partial charge in [0.05, 0.1) is 23.9 Å². The Bertz CT molecular complexity index is 2040. The Kier molecular flexibility index (Phi) is 9.65. The summed E-state index contributed by atoms with van der Waals surface area (Å²) in [5.41, 5.74) is 3.75. The zero-order valence-electron chi connectivity index (χ0n) is 27.6. The molecule has 6 rings (SSSR count). The van der Waals surface area contributed by atoms with E-state index in [2.05, 4.69) is 32.4 Å². The lowest BCUT2D eigenvalue weighted by molar-refractivity contribution is 0.0916. The van der Waals surface area contributed by atoms with Crippen molar-refractivity contribution in [2.45, 2.75) is 51.2 Å². The number of hydrogen-bond donors (Lipinski definition) is 1. The van der Waals surface area contributed by atoms with Crippen molar-refractivity contribution >= 4 is 16.9 Å². The monoisotopic (exact) mass is 653 g/mol. The van der Waals surface area contributed by atoms with Gasteiger partial charge in [0.15, 0.2) is 5.65 Å². The van der Waals surface area contributed by atoms with Gasteiger partial charge in [-0.2, -0.15) is 5.10 Å². The Morgan fingerprint density at radius 3 is 2.48 bits per heavy atom. The first-order valence-corrected chi connectivity index (χ1v) is 16.1. The molecule has 1 fully saturated rings. The van der Waals surface area contributed by atoms with Crippen molar-refractivity contribution in [1.82, 2.24) is 34.1 Å². The van der Waals surface area contributed by atoms with Crippen LogP contribution in [0.3, 0.4) is 0 Å². The summed E-state index contributed by atoms with van der Waals surface area (Å²) in [5, 5.41) is 7.33. The summed E-state index contributed by atoms with van der Waals surface area (Å²) in [5.74, 6) is -0.910. The molecule has 12 heteroatoms. The number of benzene rings is 2. The van der Waals surface area contributed by atoms with E-state index in [1.165, 1.54) is 9.13 Å². The smallest absolute Gasteiger partial charge is 0.337 e. The van der Waals surface area contributed by atoms with Gasteiger partial charge in [-0.25, -0.2) is 18.7 Å². The number of nitrogens with one attached hydrogen (secondary N) is 1. The lowest BCUT2D eigenvalue weighted by Gasteiger charge is -2.30. The number of ether oxygens (including phenoxy) is 1. The summed E-state index contributed by atoms with van der Waals surface area (Å²) >= 11 is 0.